The molecule has 2 amide bonds. The summed E-state index contributed by atoms with van der Waals surface area (Å²) in [6.07, 6.45) is 0.722. The van der Waals surface area contributed by atoms with E-state index in [1.54, 1.807) is 0 Å². The minimum absolute atomic E-state index is 0.00948. The van der Waals surface area contributed by atoms with Crippen LogP contribution in [0.15, 0.2) is 5.38 Å². The second kappa shape index (κ2) is 5.56. The van der Waals surface area contributed by atoms with Gasteiger partial charge in [0.15, 0.2) is 0 Å². The van der Waals surface area contributed by atoms with Crippen LogP contribution in [0, 0.1) is 12.8 Å². The molecule has 1 aliphatic heterocycles. The van der Waals surface area contributed by atoms with Crippen LogP contribution in [0.4, 0.5) is 4.79 Å². The molecule has 0 aliphatic carbocycles. The predicted octanol–water partition coefficient (Wildman–Crippen LogP) is 1.46. The molecule has 0 bridgehead atoms. The number of aliphatic carboxylic acids is 1. The van der Waals surface area contributed by atoms with E-state index in [-0.39, 0.29) is 11.9 Å². The van der Waals surface area contributed by atoms with Crippen LogP contribution < -0.4 is 5.32 Å². The Kier molecular flexibility index (Phi) is 4.04. The molecule has 0 saturated carbocycles. The molecule has 104 valence electrons. The van der Waals surface area contributed by atoms with Gasteiger partial charge < -0.3 is 15.3 Å². The number of nitrogens with zero attached hydrogens (tertiary/aromatic N) is 2. The lowest BCUT2D eigenvalue weighted by atomic mass is 10.0. The van der Waals surface area contributed by atoms with Gasteiger partial charge in [-0.15, -0.1) is 11.3 Å². The third kappa shape index (κ3) is 3.04. The largest absolute Gasteiger partial charge is 0.480 e. The zero-order chi connectivity index (χ0) is 14.0. The van der Waals surface area contributed by atoms with Gasteiger partial charge in [0.25, 0.3) is 0 Å². The van der Waals surface area contributed by atoms with E-state index in [9.17, 15) is 9.59 Å². The van der Waals surface area contributed by atoms with Gasteiger partial charge in [0.05, 0.1) is 17.2 Å². The van der Waals surface area contributed by atoms with Crippen LogP contribution in [0.1, 0.15) is 24.0 Å². The van der Waals surface area contributed by atoms with Crippen molar-refractivity contribution in [3.63, 3.8) is 0 Å². The van der Waals surface area contributed by atoms with Crippen LogP contribution in [0.3, 0.4) is 0 Å². The van der Waals surface area contributed by atoms with Crippen molar-refractivity contribution in [2.24, 2.45) is 5.92 Å². The molecule has 0 radical (unpaired) electrons. The number of carboxylic acids is 1. The highest BCUT2D eigenvalue weighted by Gasteiger charge is 2.39. The summed E-state index contributed by atoms with van der Waals surface area (Å²) in [6, 6.07) is -1.06. The van der Waals surface area contributed by atoms with Crippen molar-refractivity contribution in [2.75, 3.05) is 6.54 Å². The number of rotatable bonds is 3. The number of carbonyl (C=O) groups is 2. The van der Waals surface area contributed by atoms with Crippen molar-refractivity contribution in [3.05, 3.63) is 16.1 Å². The molecule has 2 heterocycles. The average molecular weight is 283 g/mol. The number of aryl methyl sites for hydroxylation is 1. The highest BCUT2D eigenvalue weighted by Crippen LogP contribution is 2.24. The average Bonchev–Trinajstić information content (AvgIpc) is 2.92. The standard InChI is InChI=1S/C12H17N3O3S/c1-7-3-4-15(10(7)11(16)17)12(18)13-5-9-6-19-8(2)14-9/h6-7,10H,3-5H2,1-2H3,(H,13,18)(H,16,17). The summed E-state index contributed by atoms with van der Waals surface area (Å²) in [5, 5.41) is 14.7. The number of carboxylic acid groups (broad SMARTS) is 1. The summed E-state index contributed by atoms with van der Waals surface area (Å²) >= 11 is 1.52. The lowest BCUT2D eigenvalue weighted by Crippen LogP contribution is -2.47. The van der Waals surface area contributed by atoms with E-state index in [4.69, 9.17) is 5.11 Å². The van der Waals surface area contributed by atoms with Gasteiger partial charge in [-0.05, 0) is 19.3 Å². The summed E-state index contributed by atoms with van der Waals surface area (Å²) in [7, 11) is 0. The smallest absolute Gasteiger partial charge is 0.326 e. The van der Waals surface area contributed by atoms with Gasteiger partial charge in [-0.1, -0.05) is 6.92 Å². The normalized spacial score (nSPS) is 22.5. The van der Waals surface area contributed by atoms with Crippen molar-refractivity contribution >= 4 is 23.3 Å². The SMILES string of the molecule is Cc1nc(CNC(=O)N2CCC(C)C2C(=O)O)cs1. The summed E-state index contributed by atoms with van der Waals surface area (Å²) in [5.74, 6) is -0.950. The Morgan fingerprint density at radius 3 is 2.95 bits per heavy atom. The highest BCUT2D eigenvalue weighted by atomic mass is 32.1. The predicted molar refractivity (Wildman–Crippen MR) is 71.0 cm³/mol. The Morgan fingerprint density at radius 2 is 2.37 bits per heavy atom. The number of nitrogens with one attached hydrogen (secondary N) is 1. The van der Waals surface area contributed by atoms with E-state index in [1.165, 1.54) is 16.2 Å². The Bertz CT molecular complexity index is 488. The number of hydrogen-bond donors (Lipinski definition) is 2. The first-order valence-electron chi connectivity index (χ1n) is 6.17. The molecule has 6 nitrogen and oxygen atoms in total. The lowest BCUT2D eigenvalue weighted by molar-refractivity contribution is -0.142. The van der Waals surface area contributed by atoms with Gasteiger partial charge in [-0.25, -0.2) is 14.6 Å². The first kappa shape index (κ1) is 13.8. The van der Waals surface area contributed by atoms with Crippen molar-refractivity contribution in [1.82, 2.24) is 15.2 Å². The van der Waals surface area contributed by atoms with Gasteiger partial charge >= 0.3 is 12.0 Å². The molecule has 0 aromatic carbocycles. The molecule has 1 fully saturated rings. The van der Waals surface area contributed by atoms with Crippen molar-refractivity contribution < 1.29 is 14.7 Å². The number of urea groups is 1. The maximum absolute atomic E-state index is 12.0. The number of aromatic nitrogens is 1. The maximum Gasteiger partial charge on any atom is 0.326 e. The number of carbonyl (C=O) groups excluding carboxylic acids is 1. The molecule has 2 unspecified atom stereocenters. The second-order valence-electron chi connectivity index (χ2n) is 4.76. The van der Waals surface area contributed by atoms with E-state index in [1.807, 2.05) is 19.2 Å². The molecular weight excluding hydrogens is 266 g/mol. The fourth-order valence-electron chi connectivity index (χ4n) is 2.31. The fraction of sp³-hybridized carbons (Fsp3) is 0.583. The molecule has 1 aliphatic rings. The van der Waals surface area contributed by atoms with Crippen LogP contribution in [0.2, 0.25) is 0 Å². The Hall–Kier alpha value is -1.63. The van der Waals surface area contributed by atoms with Crippen LogP contribution in [-0.4, -0.2) is 39.6 Å². The highest BCUT2D eigenvalue weighted by molar-refractivity contribution is 7.09. The number of likely N-dealkylation sites (tertiary alicyclic amines) is 1. The first-order valence-corrected chi connectivity index (χ1v) is 7.05. The van der Waals surface area contributed by atoms with Crippen molar-refractivity contribution in [1.29, 1.82) is 0 Å². The molecule has 19 heavy (non-hydrogen) atoms. The number of thiazole rings is 1. The monoisotopic (exact) mass is 283 g/mol. The molecule has 7 heteroatoms. The molecule has 2 rings (SSSR count). The van der Waals surface area contributed by atoms with Gasteiger partial charge in [-0.3, -0.25) is 0 Å². The van der Waals surface area contributed by atoms with E-state index in [0.717, 1.165) is 17.1 Å². The second-order valence-corrected chi connectivity index (χ2v) is 5.82. The minimum Gasteiger partial charge on any atom is -0.480 e. The molecular formula is C12H17N3O3S. The zero-order valence-electron chi connectivity index (χ0n) is 10.9. The summed E-state index contributed by atoms with van der Waals surface area (Å²) < 4.78 is 0. The summed E-state index contributed by atoms with van der Waals surface area (Å²) in [5.41, 5.74) is 0.801. The molecule has 2 N–H and O–H groups in total. The lowest BCUT2D eigenvalue weighted by Gasteiger charge is -2.23. The van der Waals surface area contributed by atoms with E-state index < -0.39 is 12.0 Å². The summed E-state index contributed by atoms with van der Waals surface area (Å²) in [4.78, 5) is 28.8. The van der Waals surface area contributed by atoms with E-state index in [2.05, 4.69) is 10.3 Å². The third-order valence-electron chi connectivity index (χ3n) is 3.30. The van der Waals surface area contributed by atoms with Crippen molar-refractivity contribution in [3.8, 4) is 0 Å². The minimum atomic E-state index is -0.940. The Morgan fingerprint density at radius 1 is 1.63 bits per heavy atom. The molecule has 1 saturated heterocycles. The van der Waals surface area contributed by atoms with Crippen LogP contribution in [0.25, 0.3) is 0 Å². The zero-order valence-corrected chi connectivity index (χ0v) is 11.7. The fourth-order valence-corrected chi connectivity index (χ4v) is 2.92. The van der Waals surface area contributed by atoms with Gasteiger partial charge in [0.1, 0.15) is 6.04 Å². The Labute approximate surface area is 115 Å². The molecule has 0 spiro atoms. The Balaban J connectivity index is 1.94. The van der Waals surface area contributed by atoms with E-state index in [0.29, 0.717) is 13.1 Å². The molecule has 1 aromatic rings. The third-order valence-corrected chi connectivity index (χ3v) is 4.12. The topological polar surface area (TPSA) is 82.5 Å². The number of hydrogen-bond acceptors (Lipinski definition) is 4. The first-order chi connectivity index (χ1) is 8.99. The van der Waals surface area contributed by atoms with Gasteiger partial charge in [0, 0.05) is 11.9 Å². The quantitative estimate of drug-likeness (QED) is 0.879. The van der Waals surface area contributed by atoms with Crippen LogP contribution in [0.5, 0.6) is 0 Å². The van der Waals surface area contributed by atoms with Crippen LogP contribution >= 0.6 is 11.3 Å². The van der Waals surface area contributed by atoms with Gasteiger partial charge in [-0.2, -0.15) is 0 Å². The molecule has 1 aromatic heterocycles. The maximum atomic E-state index is 12.0. The number of amides is 2. The molecule has 2 atom stereocenters. The van der Waals surface area contributed by atoms with Crippen molar-refractivity contribution in [2.45, 2.75) is 32.9 Å². The summed E-state index contributed by atoms with van der Waals surface area (Å²) in [6.45, 7) is 4.58. The van der Waals surface area contributed by atoms with Gasteiger partial charge in [0.2, 0.25) is 0 Å². The van der Waals surface area contributed by atoms with E-state index >= 15 is 0 Å². The van der Waals surface area contributed by atoms with Crippen LogP contribution in [-0.2, 0) is 11.3 Å².